The smallest absolute Gasteiger partial charge is 0.264 e. The van der Waals surface area contributed by atoms with Crippen molar-refractivity contribution in [2.45, 2.75) is 12.8 Å². The van der Waals surface area contributed by atoms with Gasteiger partial charge < -0.3 is 4.74 Å². The lowest BCUT2D eigenvalue weighted by atomic mass is 10.2. The molecule has 1 heterocycles. The molecule has 2 rings (SSSR count). The van der Waals surface area contributed by atoms with Crippen LogP contribution in [0.15, 0.2) is 23.6 Å². The summed E-state index contributed by atoms with van der Waals surface area (Å²) >= 11 is 12.9. The van der Waals surface area contributed by atoms with E-state index in [9.17, 15) is 4.79 Å². The molecule has 0 saturated carbocycles. The number of carbonyl (C=O) groups excluding carboxylic acids is 1. The molecule has 1 amide bonds. The summed E-state index contributed by atoms with van der Waals surface area (Å²) in [4.78, 5) is 15.8. The fourth-order valence-electron chi connectivity index (χ4n) is 1.44. The molecule has 1 N–H and O–H groups in total. The molecule has 0 saturated heterocycles. The van der Waals surface area contributed by atoms with Gasteiger partial charge in [-0.3, -0.25) is 10.1 Å². The van der Waals surface area contributed by atoms with Crippen molar-refractivity contribution in [2.75, 3.05) is 11.9 Å². The van der Waals surface area contributed by atoms with Crippen LogP contribution in [-0.2, 0) is 10.7 Å². The zero-order chi connectivity index (χ0) is 14.5. The van der Waals surface area contributed by atoms with Gasteiger partial charge in [0.1, 0.15) is 5.75 Å². The van der Waals surface area contributed by atoms with Crippen LogP contribution in [0.1, 0.15) is 11.3 Å². The fourth-order valence-corrected chi connectivity index (χ4v) is 2.51. The van der Waals surface area contributed by atoms with Gasteiger partial charge in [0.2, 0.25) is 0 Å². The molecule has 0 fully saturated rings. The maximum absolute atomic E-state index is 11.7. The van der Waals surface area contributed by atoms with Crippen molar-refractivity contribution in [3.8, 4) is 5.75 Å². The van der Waals surface area contributed by atoms with Crippen molar-refractivity contribution >= 4 is 45.6 Å². The van der Waals surface area contributed by atoms with Gasteiger partial charge in [0, 0.05) is 10.4 Å². The Bertz CT molecular complexity index is 616. The van der Waals surface area contributed by atoms with Crippen LogP contribution >= 0.6 is 34.5 Å². The highest BCUT2D eigenvalue weighted by molar-refractivity contribution is 7.13. The number of rotatable bonds is 5. The average molecular weight is 331 g/mol. The minimum Gasteiger partial charge on any atom is -0.484 e. The van der Waals surface area contributed by atoms with Crippen LogP contribution in [0.3, 0.4) is 0 Å². The van der Waals surface area contributed by atoms with E-state index in [1.807, 2.05) is 6.92 Å². The molecule has 0 atom stereocenters. The average Bonchev–Trinajstić information content (AvgIpc) is 2.88. The van der Waals surface area contributed by atoms with Gasteiger partial charge in [-0.15, -0.1) is 22.9 Å². The standard InChI is InChI=1S/C13H12Cl2N2O2S/c1-8-4-10(2-3-11(8)15)19-6-12(18)17-13-16-9(5-14)7-20-13/h2-4,7H,5-6H2,1H3,(H,16,17,18). The quantitative estimate of drug-likeness (QED) is 0.847. The Balaban J connectivity index is 1.87. The zero-order valence-electron chi connectivity index (χ0n) is 10.7. The number of amides is 1. The Morgan fingerprint density at radius 1 is 1.50 bits per heavy atom. The highest BCUT2D eigenvalue weighted by Gasteiger charge is 2.07. The number of thiazole rings is 1. The van der Waals surface area contributed by atoms with Gasteiger partial charge in [0.25, 0.3) is 5.91 Å². The maximum atomic E-state index is 11.7. The molecule has 4 nitrogen and oxygen atoms in total. The number of ether oxygens (including phenoxy) is 1. The Morgan fingerprint density at radius 3 is 2.95 bits per heavy atom. The zero-order valence-corrected chi connectivity index (χ0v) is 13.0. The van der Waals surface area contributed by atoms with Crippen molar-refractivity contribution in [1.29, 1.82) is 0 Å². The summed E-state index contributed by atoms with van der Waals surface area (Å²) in [6.07, 6.45) is 0. The van der Waals surface area contributed by atoms with Crippen LogP contribution in [0.4, 0.5) is 5.13 Å². The first-order valence-corrected chi connectivity index (χ1v) is 7.57. The molecule has 0 radical (unpaired) electrons. The lowest BCUT2D eigenvalue weighted by Gasteiger charge is -2.07. The number of hydrogen-bond acceptors (Lipinski definition) is 4. The molecule has 0 spiro atoms. The molecule has 106 valence electrons. The summed E-state index contributed by atoms with van der Waals surface area (Å²) in [7, 11) is 0. The third kappa shape index (κ3) is 4.10. The first-order chi connectivity index (χ1) is 9.58. The van der Waals surface area contributed by atoms with Crippen LogP contribution in [-0.4, -0.2) is 17.5 Å². The second-order valence-electron chi connectivity index (χ2n) is 4.03. The van der Waals surface area contributed by atoms with Gasteiger partial charge in [-0.05, 0) is 30.7 Å². The van der Waals surface area contributed by atoms with Gasteiger partial charge in [0.05, 0.1) is 11.6 Å². The number of aryl methyl sites for hydroxylation is 1. The molecule has 0 aliphatic rings. The summed E-state index contributed by atoms with van der Waals surface area (Å²) in [5, 5.41) is 5.63. The monoisotopic (exact) mass is 330 g/mol. The van der Waals surface area contributed by atoms with E-state index in [4.69, 9.17) is 27.9 Å². The van der Waals surface area contributed by atoms with Gasteiger partial charge in [-0.25, -0.2) is 4.98 Å². The lowest BCUT2D eigenvalue weighted by Crippen LogP contribution is -2.20. The molecule has 0 unspecified atom stereocenters. The minimum atomic E-state index is -0.270. The van der Waals surface area contributed by atoms with Crippen LogP contribution < -0.4 is 10.1 Å². The summed E-state index contributed by atoms with van der Waals surface area (Å²) in [5.74, 6) is 0.656. The molecule has 2 aromatic rings. The van der Waals surface area contributed by atoms with Crippen LogP contribution in [0.5, 0.6) is 5.75 Å². The van der Waals surface area contributed by atoms with Crippen molar-refractivity contribution in [3.05, 3.63) is 39.9 Å². The highest BCUT2D eigenvalue weighted by Crippen LogP contribution is 2.21. The van der Waals surface area contributed by atoms with Crippen LogP contribution in [0.2, 0.25) is 5.02 Å². The molecule has 0 bridgehead atoms. The predicted octanol–water partition coefficient (Wildman–Crippen LogP) is 3.86. The van der Waals surface area contributed by atoms with Crippen LogP contribution in [0.25, 0.3) is 0 Å². The molecule has 1 aromatic heterocycles. The molecule has 0 aliphatic carbocycles. The van der Waals surface area contributed by atoms with Crippen molar-refractivity contribution in [2.24, 2.45) is 0 Å². The van der Waals surface area contributed by atoms with E-state index in [1.165, 1.54) is 11.3 Å². The number of nitrogens with one attached hydrogen (secondary N) is 1. The summed E-state index contributed by atoms with van der Waals surface area (Å²) in [6, 6.07) is 5.24. The first kappa shape index (κ1) is 15.1. The highest BCUT2D eigenvalue weighted by atomic mass is 35.5. The summed E-state index contributed by atoms with van der Waals surface area (Å²) < 4.78 is 5.39. The number of anilines is 1. The normalized spacial score (nSPS) is 10.3. The largest absolute Gasteiger partial charge is 0.484 e. The van der Waals surface area contributed by atoms with E-state index >= 15 is 0 Å². The second kappa shape index (κ2) is 6.92. The second-order valence-corrected chi connectivity index (χ2v) is 5.56. The number of alkyl halides is 1. The number of carbonyl (C=O) groups is 1. The van der Waals surface area contributed by atoms with Gasteiger partial charge in [0.15, 0.2) is 11.7 Å². The van der Waals surface area contributed by atoms with E-state index in [0.717, 1.165) is 11.3 Å². The first-order valence-electron chi connectivity index (χ1n) is 5.77. The number of nitrogens with zero attached hydrogens (tertiary/aromatic N) is 1. The summed E-state index contributed by atoms with van der Waals surface area (Å²) in [5.41, 5.74) is 1.64. The third-order valence-corrected chi connectivity index (χ3v) is 3.94. The van der Waals surface area contributed by atoms with E-state index in [-0.39, 0.29) is 12.5 Å². The number of halogens is 2. The Morgan fingerprint density at radius 2 is 2.30 bits per heavy atom. The Labute approximate surface area is 130 Å². The topological polar surface area (TPSA) is 51.2 Å². The molecular weight excluding hydrogens is 319 g/mol. The van der Waals surface area contributed by atoms with Gasteiger partial charge in [-0.2, -0.15) is 0 Å². The van der Waals surface area contributed by atoms with Crippen molar-refractivity contribution in [1.82, 2.24) is 4.98 Å². The Kier molecular flexibility index (Phi) is 5.23. The lowest BCUT2D eigenvalue weighted by molar-refractivity contribution is -0.118. The molecule has 0 aliphatic heterocycles. The Hall–Kier alpha value is -1.30. The fraction of sp³-hybridized carbons (Fsp3) is 0.231. The van der Waals surface area contributed by atoms with E-state index in [1.54, 1.807) is 23.6 Å². The van der Waals surface area contributed by atoms with E-state index in [0.29, 0.717) is 21.8 Å². The van der Waals surface area contributed by atoms with E-state index < -0.39 is 0 Å². The van der Waals surface area contributed by atoms with Gasteiger partial charge >= 0.3 is 0 Å². The van der Waals surface area contributed by atoms with Crippen LogP contribution in [0, 0.1) is 6.92 Å². The number of aromatic nitrogens is 1. The van der Waals surface area contributed by atoms with Crippen molar-refractivity contribution < 1.29 is 9.53 Å². The SMILES string of the molecule is Cc1cc(OCC(=O)Nc2nc(CCl)cs2)ccc1Cl. The molecular formula is C13H12Cl2N2O2S. The van der Waals surface area contributed by atoms with E-state index in [2.05, 4.69) is 10.3 Å². The third-order valence-electron chi connectivity index (χ3n) is 2.43. The minimum absolute atomic E-state index is 0.0864. The van der Waals surface area contributed by atoms with Crippen molar-refractivity contribution in [3.63, 3.8) is 0 Å². The molecule has 1 aromatic carbocycles. The number of hydrogen-bond donors (Lipinski definition) is 1. The summed E-state index contributed by atoms with van der Waals surface area (Å²) in [6.45, 7) is 1.79. The molecule has 7 heteroatoms. The molecule has 20 heavy (non-hydrogen) atoms. The van der Waals surface area contributed by atoms with Gasteiger partial charge in [-0.1, -0.05) is 11.6 Å². The predicted molar refractivity (Wildman–Crippen MR) is 82.0 cm³/mol. The number of benzene rings is 1. The maximum Gasteiger partial charge on any atom is 0.264 e.